The molecule has 2 heterocycles. The smallest absolute Gasteiger partial charge is 0.325 e. The summed E-state index contributed by atoms with van der Waals surface area (Å²) in [5.41, 5.74) is 2.55. The minimum Gasteiger partial charge on any atom is -0.493 e. The number of rotatable bonds is 3. The first-order valence-electron chi connectivity index (χ1n) is 10.1. The second-order valence-electron chi connectivity index (χ2n) is 7.94. The van der Waals surface area contributed by atoms with E-state index in [1.54, 1.807) is 12.1 Å². The number of para-hydroxylation sites is 1. The van der Waals surface area contributed by atoms with Crippen LogP contribution in [0.15, 0.2) is 42.5 Å². The van der Waals surface area contributed by atoms with Crippen LogP contribution >= 0.6 is 0 Å². The Morgan fingerprint density at radius 3 is 2.72 bits per heavy atom. The van der Waals surface area contributed by atoms with Crippen LogP contribution in [0.1, 0.15) is 46.3 Å². The Balaban J connectivity index is 1.41. The minimum absolute atomic E-state index is 0.223. The van der Waals surface area contributed by atoms with Crippen molar-refractivity contribution >= 4 is 17.7 Å². The molecule has 1 saturated heterocycles. The van der Waals surface area contributed by atoms with Gasteiger partial charge in [-0.25, -0.2) is 4.79 Å². The number of nitrogens with one attached hydrogen (secondary N) is 1. The number of carbonyl (C=O) groups is 3. The summed E-state index contributed by atoms with van der Waals surface area (Å²) < 4.78 is 5.64. The van der Waals surface area contributed by atoms with Crippen molar-refractivity contribution in [1.82, 2.24) is 10.2 Å². The zero-order chi connectivity index (χ0) is 20.0. The van der Waals surface area contributed by atoms with Crippen molar-refractivity contribution in [1.29, 1.82) is 0 Å². The predicted octanol–water partition coefficient (Wildman–Crippen LogP) is 2.98. The molecule has 0 saturated carbocycles. The van der Waals surface area contributed by atoms with E-state index in [2.05, 4.69) is 5.32 Å². The monoisotopic (exact) mass is 390 g/mol. The number of aryl methyl sites for hydroxylation is 2. The lowest BCUT2D eigenvalue weighted by Gasteiger charge is -2.33. The molecule has 2 aromatic carbocycles. The number of urea groups is 1. The van der Waals surface area contributed by atoms with Crippen molar-refractivity contribution in [3.63, 3.8) is 0 Å². The largest absolute Gasteiger partial charge is 0.493 e. The highest BCUT2D eigenvalue weighted by Crippen LogP contribution is 2.41. The van der Waals surface area contributed by atoms with Crippen LogP contribution < -0.4 is 10.1 Å². The highest BCUT2D eigenvalue weighted by Gasteiger charge is 2.55. The number of hydrogen-bond acceptors (Lipinski definition) is 4. The number of benzene rings is 2. The lowest BCUT2D eigenvalue weighted by molar-refractivity contribution is -0.132. The summed E-state index contributed by atoms with van der Waals surface area (Å²) in [6.45, 7) is 0.0733. The van der Waals surface area contributed by atoms with Gasteiger partial charge in [0.1, 0.15) is 5.75 Å². The fourth-order valence-electron chi connectivity index (χ4n) is 4.66. The molecule has 148 valence electrons. The van der Waals surface area contributed by atoms with Crippen LogP contribution in [0, 0.1) is 0 Å². The fraction of sp³-hybridized carbons (Fsp3) is 0.348. The lowest BCUT2D eigenvalue weighted by Crippen LogP contribution is -2.47. The van der Waals surface area contributed by atoms with Crippen LogP contribution in [0.25, 0.3) is 0 Å². The summed E-state index contributed by atoms with van der Waals surface area (Å²) in [7, 11) is 0. The predicted molar refractivity (Wildman–Crippen MR) is 106 cm³/mol. The van der Waals surface area contributed by atoms with E-state index in [0.29, 0.717) is 29.9 Å². The van der Waals surface area contributed by atoms with Gasteiger partial charge in [0.15, 0.2) is 11.3 Å². The number of imide groups is 1. The molecule has 1 N–H and O–H groups in total. The number of Topliss-reactive ketones (excluding diaryl/α,β-unsaturated/α-hetero) is 1. The van der Waals surface area contributed by atoms with E-state index in [0.717, 1.165) is 24.2 Å². The van der Waals surface area contributed by atoms with Gasteiger partial charge in [-0.3, -0.25) is 14.5 Å². The molecule has 0 radical (unpaired) electrons. The minimum atomic E-state index is -1.15. The van der Waals surface area contributed by atoms with Gasteiger partial charge in [-0.2, -0.15) is 0 Å². The molecule has 0 bridgehead atoms. The molecule has 2 aromatic rings. The van der Waals surface area contributed by atoms with Gasteiger partial charge >= 0.3 is 6.03 Å². The van der Waals surface area contributed by atoms with Crippen molar-refractivity contribution in [3.8, 4) is 5.75 Å². The molecule has 29 heavy (non-hydrogen) atoms. The molecule has 6 heteroatoms. The normalized spacial score (nSPS) is 22.7. The number of amides is 3. The van der Waals surface area contributed by atoms with Crippen molar-refractivity contribution < 1.29 is 19.1 Å². The Labute approximate surface area is 168 Å². The maximum absolute atomic E-state index is 13.3. The third-order valence-electron chi connectivity index (χ3n) is 6.23. The van der Waals surface area contributed by atoms with Crippen LogP contribution in [-0.2, 0) is 23.2 Å². The topological polar surface area (TPSA) is 75.7 Å². The number of fused-ring (bicyclic) bond motifs is 3. The summed E-state index contributed by atoms with van der Waals surface area (Å²) in [4.78, 5) is 39.9. The third kappa shape index (κ3) is 2.82. The summed E-state index contributed by atoms with van der Waals surface area (Å²) in [5, 5.41) is 2.84. The zero-order valence-electron chi connectivity index (χ0n) is 16.1. The molecule has 6 nitrogen and oxygen atoms in total. The lowest BCUT2D eigenvalue weighted by atomic mass is 9.84. The number of hydrogen-bond donors (Lipinski definition) is 1. The second-order valence-corrected chi connectivity index (χ2v) is 7.94. The maximum Gasteiger partial charge on any atom is 0.325 e. The first-order valence-corrected chi connectivity index (χ1v) is 10.1. The summed E-state index contributed by atoms with van der Waals surface area (Å²) in [5.74, 6) is -0.0147. The second kappa shape index (κ2) is 6.72. The standard InChI is InChI=1S/C23H22N2O4/c26-19(17-10-9-15-5-1-2-6-16(15)13-17)14-25-21(27)23(24-22(25)28)11-12-29-20-8-4-3-7-18(20)23/h3-4,7-10,13H,1-2,5-6,11-12,14H2,(H,24,28)/t23-/m1/s1. The highest BCUT2D eigenvalue weighted by atomic mass is 16.5. The number of carbonyl (C=O) groups excluding carboxylic acids is 3. The number of ether oxygens (including phenoxy) is 1. The van der Waals surface area contributed by atoms with Crippen LogP contribution in [0.4, 0.5) is 4.79 Å². The number of ketones is 1. The van der Waals surface area contributed by atoms with E-state index >= 15 is 0 Å². The quantitative estimate of drug-likeness (QED) is 0.646. The molecular formula is C23H22N2O4. The average Bonchev–Trinajstić information content (AvgIpc) is 2.98. The Bertz CT molecular complexity index is 1030. The third-order valence-corrected chi connectivity index (χ3v) is 6.23. The van der Waals surface area contributed by atoms with Gasteiger partial charge in [-0.15, -0.1) is 0 Å². The van der Waals surface area contributed by atoms with Gasteiger partial charge in [0.2, 0.25) is 0 Å². The van der Waals surface area contributed by atoms with Gasteiger partial charge in [-0.05, 0) is 48.9 Å². The summed E-state index contributed by atoms with van der Waals surface area (Å²) in [6, 6.07) is 12.4. The van der Waals surface area contributed by atoms with E-state index in [4.69, 9.17) is 4.74 Å². The molecule has 0 unspecified atom stereocenters. The molecule has 5 rings (SSSR count). The van der Waals surface area contributed by atoms with Gasteiger partial charge in [0.25, 0.3) is 5.91 Å². The van der Waals surface area contributed by atoms with E-state index in [-0.39, 0.29) is 18.2 Å². The Morgan fingerprint density at radius 2 is 1.86 bits per heavy atom. The zero-order valence-corrected chi connectivity index (χ0v) is 16.1. The SMILES string of the molecule is O=C(CN1C(=O)N[C@@]2(CCOc3ccccc32)C1=O)c1ccc2c(c1)CCCC2. The van der Waals surface area contributed by atoms with Crippen LogP contribution in [0.2, 0.25) is 0 Å². The van der Waals surface area contributed by atoms with Gasteiger partial charge in [-0.1, -0.05) is 30.3 Å². The van der Waals surface area contributed by atoms with Crippen LogP contribution in [0.3, 0.4) is 0 Å². The van der Waals surface area contributed by atoms with Crippen molar-refractivity contribution in [2.75, 3.05) is 13.2 Å². The van der Waals surface area contributed by atoms with E-state index in [1.165, 1.54) is 17.5 Å². The molecule has 0 aromatic heterocycles. The summed E-state index contributed by atoms with van der Waals surface area (Å²) >= 11 is 0. The Hall–Kier alpha value is -3.15. The molecule has 3 aliphatic rings. The summed E-state index contributed by atoms with van der Waals surface area (Å²) in [6.07, 6.45) is 4.66. The average molecular weight is 390 g/mol. The fourth-order valence-corrected chi connectivity index (χ4v) is 4.66. The van der Waals surface area contributed by atoms with Crippen LogP contribution in [-0.4, -0.2) is 35.8 Å². The first kappa shape index (κ1) is 17.9. The maximum atomic E-state index is 13.3. The van der Waals surface area contributed by atoms with Crippen molar-refractivity contribution in [2.45, 2.75) is 37.6 Å². The molecule has 3 amide bonds. The molecular weight excluding hydrogens is 368 g/mol. The van der Waals surface area contributed by atoms with Gasteiger partial charge in [0.05, 0.1) is 13.2 Å². The molecule has 1 atom stereocenters. The highest BCUT2D eigenvalue weighted by molar-refractivity contribution is 6.11. The molecule has 1 fully saturated rings. The van der Waals surface area contributed by atoms with E-state index in [1.807, 2.05) is 30.3 Å². The van der Waals surface area contributed by atoms with E-state index in [9.17, 15) is 14.4 Å². The van der Waals surface area contributed by atoms with Gasteiger partial charge < -0.3 is 10.1 Å². The molecule has 1 spiro atoms. The van der Waals surface area contributed by atoms with Crippen molar-refractivity contribution in [3.05, 3.63) is 64.7 Å². The Morgan fingerprint density at radius 1 is 1.07 bits per heavy atom. The van der Waals surface area contributed by atoms with E-state index < -0.39 is 11.6 Å². The molecule has 2 aliphatic heterocycles. The Kier molecular flexibility index (Phi) is 4.15. The van der Waals surface area contributed by atoms with Crippen molar-refractivity contribution in [2.24, 2.45) is 0 Å². The molecule has 1 aliphatic carbocycles. The van der Waals surface area contributed by atoms with Gasteiger partial charge in [0, 0.05) is 17.5 Å². The first-order chi connectivity index (χ1) is 14.1. The van der Waals surface area contributed by atoms with Crippen LogP contribution in [0.5, 0.6) is 5.75 Å². The number of nitrogens with zero attached hydrogens (tertiary/aromatic N) is 1.